The third kappa shape index (κ3) is 4.69. The number of nitrogens with one attached hydrogen (secondary N) is 2. The summed E-state index contributed by atoms with van der Waals surface area (Å²) in [5, 5.41) is 15.2. The molecule has 1 amide bonds. The number of nitrogens with two attached hydrogens (primary N) is 1. The summed E-state index contributed by atoms with van der Waals surface area (Å²) in [7, 11) is 0. The summed E-state index contributed by atoms with van der Waals surface area (Å²) in [4.78, 5) is 22.7. The average Bonchev–Trinajstić information content (AvgIpc) is 2.69. The van der Waals surface area contributed by atoms with E-state index in [0.717, 1.165) is 16.8 Å². The molecule has 5 N–H and O–H groups in total. The number of anilines is 1. The lowest BCUT2D eigenvalue weighted by molar-refractivity contribution is -0.138. The number of carboxylic acid groups (broad SMARTS) is 1. The van der Waals surface area contributed by atoms with Crippen LogP contribution in [0.2, 0.25) is 0 Å². The van der Waals surface area contributed by atoms with Crippen molar-refractivity contribution >= 4 is 17.6 Å². The first kappa shape index (κ1) is 19.4. The maximum absolute atomic E-state index is 11.5. The molecule has 1 aliphatic rings. The topological polar surface area (TPSA) is 114 Å². The van der Waals surface area contributed by atoms with Crippen LogP contribution >= 0.6 is 0 Å². The predicted molar refractivity (Wildman–Crippen MR) is 107 cm³/mol. The van der Waals surface area contributed by atoms with Gasteiger partial charge < -0.3 is 26.2 Å². The molecule has 2 aromatic rings. The van der Waals surface area contributed by atoms with Gasteiger partial charge >= 0.3 is 5.97 Å². The first-order chi connectivity index (χ1) is 13.4. The lowest BCUT2D eigenvalue weighted by Gasteiger charge is -2.35. The van der Waals surface area contributed by atoms with Crippen LogP contribution in [0.3, 0.4) is 0 Å². The molecular formula is C21H23N3O4. The molecule has 3 atom stereocenters. The van der Waals surface area contributed by atoms with Crippen molar-refractivity contribution in [2.45, 2.75) is 25.1 Å². The molecule has 0 saturated heterocycles. The van der Waals surface area contributed by atoms with Crippen molar-refractivity contribution in [2.24, 2.45) is 5.73 Å². The minimum atomic E-state index is -1.19. The van der Waals surface area contributed by atoms with Crippen LogP contribution in [-0.4, -0.2) is 41.7 Å². The standard InChI is InChI=1S/C21H23N3O4/c1-13(25)24-20-17(22)11-18(21(26)27)28-19(20)12-23-16-9-7-15(8-10-16)14-5-3-2-4-6-14/h2-11,17,19-20,23H,12,22H2,1H3,(H,24,25)(H,26,27)/t17-,19?,20?/m1/s1. The highest BCUT2D eigenvalue weighted by atomic mass is 16.5. The van der Waals surface area contributed by atoms with E-state index in [9.17, 15) is 14.7 Å². The van der Waals surface area contributed by atoms with E-state index in [1.807, 2.05) is 54.6 Å². The van der Waals surface area contributed by atoms with Gasteiger partial charge in [-0.25, -0.2) is 4.79 Å². The number of ether oxygens (including phenoxy) is 1. The van der Waals surface area contributed by atoms with Crippen molar-refractivity contribution < 1.29 is 19.4 Å². The van der Waals surface area contributed by atoms with Crippen molar-refractivity contribution in [1.29, 1.82) is 0 Å². The van der Waals surface area contributed by atoms with Gasteiger partial charge in [-0.3, -0.25) is 4.79 Å². The zero-order valence-electron chi connectivity index (χ0n) is 15.5. The normalized spacial score (nSPS) is 21.2. The maximum Gasteiger partial charge on any atom is 0.370 e. The van der Waals surface area contributed by atoms with Gasteiger partial charge in [-0.05, 0) is 29.3 Å². The van der Waals surface area contributed by atoms with Crippen LogP contribution in [0.25, 0.3) is 11.1 Å². The van der Waals surface area contributed by atoms with E-state index >= 15 is 0 Å². The Morgan fingerprint density at radius 1 is 1.07 bits per heavy atom. The highest BCUT2D eigenvalue weighted by Crippen LogP contribution is 2.22. The lowest BCUT2D eigenvalue weighted by Crippen LogP contribution is -2.58. The minimum Gasteiger partial charge on any atom is -0.479 e. The van der Waals surface area contributed by atoms with Crippen LogP contribution in [0.1, 0.15) is 6.92 Å². The second-order valence-corrected chi connectivity index (χ2v) is 6.62. The number of carboxylic acids is 1. The molecule has 7 nitrogen and oxygen atoms in total. The molecule has 2 aromatic carbocycles. The zero-order chi connectivity index (χ0) is 20.1. The van der Waals surface area contributed by atoms with Crippen molar-refractivity contribution in [3.63, 3.8) is 0 Å². The van der Waals surface area contributed by atoms with E-state index in [-0.39, 0.29) is 18.2 Å². The molecule has 0 saturated carbocycles. The van der Waals surface area contributed by atoms with Crippen LogP contribution in [0.5, 0.6) is 0 Å². The summed E-state index contributed by atoms with van der Waals surface area (Å²) in [5.74, 6) is -1.65. The Morgan fingerprint density at radius 2 is 1.71 bits per heavy atom. The summed E-state index contributed by atoms with van der Waals surface area (Å²) in [6, 6.07) is 16.7. The van der Waals surface area contributed by atoms with Gasteiger partial charge in [0.05, 0.1) is 18.6 Å². The van der Waals surface area contributed by atoms with E-state index in [1.54, 1.807) is 0 Å². The second kappa shape index (κ2) is 8.58. The van der Waals surface area contributed by atoms with E-state index in [4.69, 9.17) is 10.5 Å². The van der Waals surface area contributed by atoms with Gasteiger partial charge in [0, 0.05) is 12.6 Å². The molecule has 0 bridgehead atoms. The fourth-order valence-corrected chi connectivity index (χ4v) is 3.15. The van der Waals surface area contributed by atoms with Gasteiger partial charge in [-0.15, -0.1) is 0 Å². The third-order valence-corrected chi connectivity index (χ3v) is 4.52. The summed E-state index contributed by atoms with van der Waals surface area (Å²) >= 11 is 0. The molecule has 146 valence electrons. The van der Waals surface area contributed by atoms with Crippen LogP contribution in [0, 0.1) is 0 Å². The number of carbonyl (C=O) groups is 2. The van der Waals surface area contributed by atoms with Gasteiger partial charge in [-0.1, -0.05) is 42.5 Å². The van der Waals surface area contributed by atoms with Crippen LogP contribution < -0.4 is 16.4 Å². The molecule has 7 heteroatoms. The fraction of sp³-hybridized carbons (Fsp3) is 0.238. The quantitative estimate of drug-likeness (QED) is 0.608. The molecule has 2 unspecified atom stereocenters. The molecule has 0 aromatic heterocycles. The van der Waals surface area contributed by atoms with Crippen molar-refractivity contribution in [1.82, 2.24) is 5.32 Å². The second-order valence-electron chi connectivity index (χ2n) is 6.62. The largest absolute Gasteiger partial charge is 0.479 e. The molecule has 28 heavy (non-hydrogen) atoms. The number of aliphatic carboxylic acids is 1. The van der Waals surface area contributed by atoms with Gasteiger partial charge in [0.2, 0.25) is 11.7 Å². The number of rotatable bonds is 6. The van der Waals surface area contributed by atoms with E-state index in [1.165, 1.54) is 13.0 Å². The van der Waals surface area contributed by atoms with E-state index in [2.05, 4.69) is 10.6 Å². The molecule has 0 aliphatic carbocycles. The van der Waals surface area contributed by atoms with Gasteiger partial charge in [0.25, 0.3) is 0 Å². The number of amides is 1. The van der Waals surface area contributed by atoms with Crippen LogP contribution in [-0.2, 0) is 14.3 Å². The lowest BCUT2D eigenvalue weighted by atomic mass is 9.98. The summed E-state index contributed by atoms with van der Waals surface area (Å²) < 4.78 is 5.55. The summed E-state index contributed by atoms with van der Waals surface area (Å²) in [5.41, 5.74) is 9.10. The van der Waals surface area contributed by atoms with Gasteiger partial charge in [-0.2, -0.15) is 0 Å². The Bertz CT molecular complexity index is 865. The number of carbonyl (C=O) groups excluding carboxylic acids is 1. The Morgan fingerprint density at radius 3 is 2.32 bits per heavy atom. The molecule has 0 spiro atoms. The smallest absolute Gasteiger partial charge is 0.370 e. The third-order valence-electron chi connectivity index (χ3n) is 4.52. The van der Waals surface area contributed by atoms with Crippen LogP contribution in [0.4, 0.5) is 5.69 Å². The Balaban J connectivity index is 1.69. The molecular weight excluding hydrogens is 358 g/mol. The number of hydrogen-bond acceptors (Lipinski definition) is 5. The molecule has 0 fully saturated rings. The van der Waals surface area contributed by atoms with Crippen molar-refractivity contribution in [2.75, 3.05) is 11.9 Å². The van der Waals surface area contributed by atoms with Crippen molar-refractivity contribution in [3.8, 4) is 11.1 Å². The first-order valence-corrected chi connectivity index (χ1v) is 8.98. The van der Waals surface area contributed by atoms with E-state index < -0.39 is 24.2 Å². The Labute approximate surface area is 163 Å². The molecule has 0 radical (unpaired) electrons. The zero-order valence-corrected chi connectivity index (χ0v) is 15.5. The number of hydrogen-bond donors (Lipinski definition) is 4. The molecule has 3 rings (SSSR count). The SMILES string of the molecule is CC(=O)NC1C(CNc2ccc(-c3ccccc3)cc2)OC(C(=O)O)=C[C@H]1N. The van der Waals surface area contributed by atoms with Gasteiger partial charge in [0.1, 0.15) is 6.10 Å². The highest BCUT2D eigenvalue weighted by Gasteiger charge is 2.35. The summed E-state index contributed by atoms with van der Waals surface area (Å²) in [6.07, 6.45) is 0.692. The highest BCUT2D eigenvalue weighted by molar-refractivity contribution is 5.84. The Kier molecular flexibility index (Phi) is 5.96. The average molecular weight is 381 g/mol. The Hall–Kier alpha value is -3.32. The molecule has 1 aliphatic heterocycles. The van der Waals surface area contributed by atoms with Gasteiger partial charge in [0.15, 0.2) is 0 Å². The van der Waals surface area contributed by atoms with Crippen molar-refractivity contribution in [3.05, 3.63) is 66.4 Å². The summed E-state index contributed by atoms with van der Waals surface area (Å²) in [6.45, 7) is 1.67. The minimum absolute atomic E-state index is 0.208. The molecule has 1 heterocycles. The monoisotopic (exact) mass is 381 g/mol. The fourth-order valence-electron chi connectivity index (χ4n) is 3.15. The maximum atomic E-state index is 11.5. The van der Waals surface area contributed by atoms with E-state index in [0.29, 0.717) is 0 Å². The predicted octanol–water partition coefficient (Wildman–Crippen LogP) is 1.96. The number of benzene rings is 2. The van der Waals surface area contributed by atoms with Crippen LogP contribution in [0.15, 0.2) is 66.4 Å². The first-order valence-electron chi connectivity index (χ1n) is 8.98.